The van der Waals surface area contributed by atoms with Crippen LogP contribution in [0.5, 0.6) is 5.75 Å². The van der Waals surface area contributed by atoms with Crippen molar-refractivity contribution in [3.8, 4) is 11.8 Å². The first-order valence-corrected chi connectivity index (χ1v) is 7.64. The first-order chi connectivity index (χ1) is 11.2. The number of nitriles is 1. The molecule has 0 aliphatic rings. The predicted octanol–water partition coefficient (Wildman–Crippen LogP) is 3.07. The van der Waals surface area contributed by atoms with E-state index in [0.29, 0.717) is 11.3 Å². The number of nitrogens with zero attached hydrogens (tertiary/aromatic N) is 1. The number of nitrogens with one attached hydrogen (secondary N) is 1. The van der Waals surface area contributed by atoms with Crippen LogP contribution in [0.25, 0.3) is 0 Å². The van der Waals surface area contributed by atoms with Crippen molar-refractivity contribution in [3.63, 3.8) is 0 Å². The predicted molar refractivity (Wildman–Crippen MR) is 89.0 cm³/mol. The van der Waals surface area contributed by atoms with Crippen molar-refractivity contribution in [2.45, 2.75) is 25.8 Å². The Morgan fingerprint density at radius 1 is 1.17 bits per heavy atom. The summed E-state index contributed by atoms with van der Waals surface area (Å²) in [6.07, 6.45) is 1.78. The molecule has 4 nitrogen and oxygen atoms in total. The number of carbonyl (C=O) groups is 1. The highest BCUT2D eigenvalue weighted by molar-refractivity contribution is 5.77. The zero-order valence-corrected chi connectivity index (χ0v) is 13.2. The van der Waals surface area contributed by atoms with Crippen LogP contribution in [-0.4, -0.2) is 18.6 Å². The van der Waals surface area contributed by atoms with Gasteiger partial charge < -0.3 is 10.1 Å². The van der Waals surface area contributed by atoms with E-state index in [4.69, 9.17) is 10.00 Å². The van der Waals surface area contributed by atoms with Crippen LogP contribution in [0, 0.1) is 11.3 Å². The summed E-state index contributed by atoms with van der Waals surface area (Å²) in [5, 5.41) is 11.9. The lowest BCUT2D eigenvalue weighted by molar-refractivity contribution is -0.123. The number of aryl methyl sites for hydroxylation is 1. The zero-order valence-electron chi connectivity index (χ0n) is 13.2. The largest absolute Gasteiger partial charge is 0.482 e. The van der Waals surface area contributed by atoms with Gasteiger partial charge in [0.15, 0.2) is 6.61 Å². The monoisotopic (exact) mass is 308 g/mol. The Bertz CT molecular complexity index is 677. The molecule has 0 fully saturated rings. The van der Waals surface area contributed by atoms with Crippen LogP contribution in [0.4, 0.5) is 0 Å². The number of hydrogen-bond donors (Lipinski definition) is 1. The lowest BCUT2D eigenvalue weighted by atomic mass is 10.1. The summed E-state index contributed by atoms with van der Waals surface area (Å²) in [7, 11) is 0. The standard InChI is InChI=1S/C19H20N2O2/c1-15(11-12-16-7-3-2-4-8-16)21-19(22)14-23-18-10-6-5-9-17(18)13-20/h2-10,15H,11-12,14H2,1H3,(H,21,22)/t15-/m0/s1. The van der Waals surface area contributed by atoms with E-state index in [1.54, 1.807) is 24.3 Å². The first-order valence-electron chi connectivity index (χ1n) is 7.64. The van der Waals surface area contributed by atoms with E-state index in [1.807, 2.05) is 31.2 Å². The molecule has 0 radical (unpaired) electrons. The number of ether oxygens (including phenoxy) is 1. The third-order valence-corrected chi connectivity index (χ3v) is 3.48. The number of benzene rings is 2. The number of rotatable bonds is 7. The van der Waals surface area contributed by atoms with Crippen molar-refractivity contribution in [3.05, 3.63) is 65.7 Å². The molecule has 0 unspecified atom stereocenters. The summed E-state index contributed by atoms with van der Waals surface area (Å²) in [5.41, 5.74) is 1.69. The van der Waals surface area contributed by atoms with Crippen LogP contribution in [0.3, 0.4) is 0 Å². The maximum absolute atomic E-state index is 11.9. The molecular weight excluding hydrogens is 288 g/mol. The van der Waals surface area contributed by atoms with Gasteiger partial charge in [0, 0.05) is 6.04 Å². The van der Waals surface area contributed by atoms with E-state index in [2.05, 4.69) is 17.4 Å². The highest BCUT2D eigenvalue weighted by atomic mass is 16.5. The molecule has 4 heteroatoms. The molecule has 2 rings (SSSR count). The molecule has 0 saturated heterocycles. The van der Waals surface area contributed by atoms with E-state index in [0.717, 1.165) is 12.8 Å². The van der Waals surface area contributed by atoms with Gasteiger partial charge >= 0.3 is 0 Å². The molecule has 0 aliphatic heterocycles. The second kappa shape index (κ2) is 8.60. The Balaban J connectivity index is 1.75. The van der Waals surface area contributed by atoms with Gasteiger partial charge in [-0.1, -0.05) is 42.5 Å². The van der Waals surface area contributed by atoms with Crippen molar-refractivity contribution in [2.24, 2.45) is 0 Å². The summed E-state index contributed by atoms with van der Waals surface area (Å²) < 4.78 is 5.42. The fourth-order valence-corrected chi connectivity index (χ4v) is 2.24. The van der Waals surface area contributed by atoms with Gasteiger partial charge in [-0.15, -0.1) is 0 Å². The van der Waals surface area contributed by atoms with E-state index >= 15 is 0 Å². The number of para-hydroxylation sites is 1. The number of amides is 1. The molecule has 0 spiro atoms. The van der Waals surface area contributed by atoms with Crippen molar-refractivity contribution < 1.29 is 9.53 Å². The molecule has 0 saturated carbocycles. The summed E-state index contributed by atoms with van der Waals surface area (Å²) in [4.78, 5) is 11.9. The van der Waals surface area contributed by atoms with Crippen molar-refractivity contribution >= 4 is 5.91 Å². The van der Waals surface area contributed by atoms with Gasteiger partial charge in [0.25, 0.3) is 5.91 Å². The van der Waals surface area contributed by atoms with Gasteiger partial charge in [0.05, 0.1) is 5.56 Å². The van der Waals surface area contributed by atoms with Crippen molar-refractivity contribution in [1.29, 1.82) is 5.26 Å². The van der Waals surface area contributed by atoms with Gasteiger partial charge in [0.1, 0.15) is 11.8 Å². The average Bonchev–Trinajstić information content (AvgIpc) is 2.59. The molecule has 1 atom stereocenters. The van der Waals surface area contributed by atoms with E-state index in [9.17, 15) is 4.79 Å². The Kier molecular flexibility index (Phi) is 6.19. The molecule has 0 aromatic heterocycles. The lowest BCUT2D eigenvalue weighted by Gasteiger charge is -2.14. The second-order valence-electron chi connectivity index (χ2n) is 5.39. The quantitative estimate of drug-likeness (QED) is 0.855. The van der Waals surface area contributed by atoms with Gasteiger partial charge in [-0.05, 0) is 37.5 Å². The van der Waals surface area contributed by atoms with Gasteiger partial charge in [-0.3, -0.25) is 4.79 Å². The normalized spacial score (nSPS) is 11.3. The van der Waals surface area contributed by atoms with Crippen LogP contribution in [0.15, 0.2) is 54.6 Å². The van der Waals surface area contributed by atoms with Crippen molar-refractivity contribution in [1.82, 2.24) is 5.32 Å². The van der Waals surface area contributed by atoms with Crippen LogP contribution < -0.4 is 10.1 Å². The van der Waals surface area contributed by atoms with Crippen LogP contribution in [0.2, 0.25) is 0 Å². The van der Waals surface area contributed by atoms with Crippen molar-refractivity contribution in [2.75, 3.05) is 6.61 Å². The van der Waals surface area contributed by atoms with Crippen LogP contribution in [-0.2, 0) is 11.2 Å². The van der Waals surface area contributed by atoms with E-state index < -0.39 is 0 Å². The minimum atomic E-state index is -0.182. The summed E-state index contributed by atoms with van der Waals surface area (Å²) in [6, 6.07) is 19.2. The maximum atomic E-state index is 11.9. The number of carbonyl (C=O) groups excluding carboxylic acids is 1. The Morgan fingerprint density at radius 3 is 2.61 bits per heavy atom. The molecule has 1 N–H and O–H groups in total. The molecular formula is C19H20N2O2. The van der Waals surface area contributed by atoms with Gasteiger partial charge in [0.2, 0.25) is 0 Å². The highest BCUT2D eigenvalue weighted by Crippen LogP contribution is 2.16. The Hall–Kier alpha value is -2.80. The minimum Gasteiger partial charge on any atom is -0.482 e. The third kappa shape index (κ3) is 5.48. The average molecular weight is 308 g/mol. The maximum Gasteiger partial charge on any atom is 0.258 e. The minimum absolute atomic E-state index is 0.0671. The molecule has 0 bridgehead atoms. The zero-order chi connectivity index (χ0) is 16.5. The fraction of sp³-hybridized carbons (Fsp3) is 0.263. The van der Waals surface area contributed by atoms with Crippen LogP contribution >= 0.6 is 0 Å². The topological polar surface area (TPSA) is 62.1 Å². The Morgan fingerprint density at radius 2 is 1.87 bits per heavy atom. The third-order valence-electron chi connectivity index (χ3n) is 3.48. The van der Waals surface area contributed by atoms with Crippen LogP contribution in [0.1, 0.15) is 24.5 Å². The molecule has 2 aromatic carbocycles. The van der Waals surface area contributed by atoms with Gasteiger partial charge in [-0.25, -0.2) is 0 Å². The van der Waals surface area contributed by atoms with E-state index in [-0.39, 0.29) is 18.6 Å². The molecule has 118 valence electrons. The summed E-state index contributed by atoms with van der Waals surface area (Å²) in [5.74, 6) is 0.250. The Labute approximate surface area is 136 Å². The molecule has 23 heavy (non-hydrogen) atoms. The highest BCUT2D eigenvalue weighted by Gasteiger charge is 2.09. The second-order valence-corrected chi connectivity index (χ2v) is 5.39. The van der Waals surface area contributed by atoms with E-state index in [1.165, 1.54) is 5.56 Å². The summed E-state index contributed by atoms with van der Waals surface area (Å²) in [6.45, 7) is 1.89. The molecule has 0 heterocycles. The SMILES string of the molecule is C[C@@H](CCc1ccccc1)NC(=O)COc1ccccc1C#N. The smallest absolute Gasteiger partial charge is 0.258 e. The fourth-order valence-electron chi connectivity index (χ4n) is 2.24. The molecule has 2 aromatic rings. The number of hydrogen-bond acceptors (Lipinski definition) is 3. The lowest BCUT2D eigenvalue weighted by Crippen LogP contribution is -2.36. The molecule has 0 aliphatic carbocycles. The molecule has 1 amide bonds. The first kappa shape index (κ1) is 16.6. The van der Waals surface area contributed by atoms with Gasteiger partial charge in [-0.2, -0.15) is 5.26 Å². The summed E-state index contributed by atoms with van der Waals surface area (Å²) >= 11 is 0.